The third kappa shape index (κ3) is 1.20. The highest BCUT2D eigenvalue weighted by Gasteiger charge is 2.16. The summed E-state index contributed by atoms with van der Waals surface area (Å²) in [6.07, 6.45) is 2.56. The number of rotatable bonds is 1. The molecule has 0 aromatic carbocycles. The summed E-state index contributed by atoms with van der Waals surface area (Å²) >= 11 is 0. The lowest BCUT2D eigenvalue weighted by atomic mass is 10.1. The van der Waals surface area contributed by atoms with Gasteiger partial charge in [-0.15, -0.1) is 0 Å². The van der Waals surface area contributed by atoms with Crippen molar-refractivity contribution in [3.8, 4) is 0 Å². The zero-order chi connectivity index (χ0) is 5.98. The van der Waals surface area contributed by atoms with E-state index < -0.39 is 0 Å². The highest BCUT2D eigenvalue weighted by atomic mass is 15.0. The maximum Gasteiger partial charge on any atom is 0.0216 e. The molecular formula is C6H14N2. The maximum atomic E-state index is 5.64. The summed E-state index contributed by atoms with van der Waals surface area (Å²) in [5.41, 5.74) is 5.64. The van der Waals surface area contributed by atoms with Crippen LogP contribution in [0, 0.1) is 0 Å². The molecule has 0 unspecified atom stereocenters. The minimum absolute atomic E-state index is 0.331. The molecule has 3 N–H and O–H groups in total. The average Bonchev–Trinajstić information content (AvgIpc) is 2.12. The van der Waals surface area contributed by atoms with Crippen LogP contribution in [0.3, 0.4) is 0 Å². The first-order valence-corrected chi connectivity index (χ1v) is 3.29. The molecule has 0 aliphatic carbocycles. The summed E-state index contributed by atoms with van der Waals surface area (Å²) in [5, 5.41) is 3.33. The quantitative estimate of drug-likeness (QED) is 0.507. The molecule has 1 rings (SSSR count). The fourth-order valence-corrected chi connectivity index (χ4v) is 1.16. The summed E-state index contributed by atoms with van der Waals surface area (Å²) in [7, 11) is 0. The first-order chi connectivity index (χ1) is 3.80. The predicted octanol–water partition coefficient (Wildman–Crippen LogP) is 0.0856. The monoisotopic (exact) mass is 114 g/mol. The molecule has 1 aliphatic heterocycles. The summed E-state index contributed by atoms with van der Waals surface area (Å²) in [6, 6.07) is 0.924. The summed E-state index contributed by atoms with van der Waals surface area (Å²) < 4.78 is 0. The molecule has 0 aromatic heterocycles. The smallest absolute Gasteiger partial charge is 0.0216 e. The molecule has 0 aromatic rings. The van der Waals surface area contributed by atoms with Crippen molar-refractivity contribution in [2.24, 2.45) is 5.73 Å². The van der Waals surface area contributed by atoms with Crippen LogP contribution in [0.2, 0.25) is 0 Å². The standard InChI is InChI=1S/C6H14N2/c1-5(7)6-3-2-4-8-6/h5-6,8H,2-4,7H2,1H3/t5-,6+/m0/s1. The van der Waals surface area contributed by atoms with Gasteiger partial charge in [0, 0.05) is 12.1 Å². The molecule has 0 spiro atoms. The third-order valence-electron chi connectivity index (χ3n) is 1.73. The Bertz CT molecular complexity index is 64.9. The van der Waals surface area contributed by atoms with Crippen molar-refractivity contribution in [1.82, 2.24) is 5.32 Å². The number of hydrogen-bond acceptors (Lipinski definition) is 2. The fraction of sp³-hybridized carbons (Fsp3) is 1.00. The molecule has 1 saturated heterocycles. The second-order valence-corrected chi connectivity index (χ2v) is 2.56. The molecule has 2 atom stereocenters. The summed E-state index contributed by atoms with van der Waals surface area (Å²) in [4.78, 5) is 0. The van der Waals surface area contributed by atoms with Crippen molar-refractivity contribution in [1.29, 1.82) is 0 Å². The van der Waals surface area contributed by atoms with Gasteiger partial charge in [-0.05, 0) is 26.3 Å². The lowest BCUT2D eigenvalue weighted by Gasteiger charge is -2.12. The van der Waals surface area contributed by atoms with Gasteiger partial charge in [0.1, 0.15) is 0 Å². The van der Waals surface area contributed by atoms with Crippen LogP contribution in [-0.4, -0.2) is 18.6 Å². The van der Waals surface area contributed by atoms with E-state index in [4.69, 9.17) is 5.73 Å². The van der Waals surface area contributed by atoms with Gasteiger partial charge in [-0.2, -0.15) is 0 Å². The Morgan fingerprint density at radius 2 is 2.50 bits per heavy atom. The second kappa shape index (κ2) is 2.46. The van der Waals surface area contributed by atoms with Crippen molar-refractivity contribution in [2.75, 3.05) is 6.54 Å². The van der Waals surface area contributed by atoms with Gasteiger partial charge in [0.05, 0.1) is 0 Å². The van der Waals surface area contributed by atoms with Gasteiger partial charge in [-0.1, -0.05) is 0 Å². The molecule has 1 fully saturated rings. The summed E-state index contributed by atoms with van der Waals surface area (Å²) in [6.45, 7) is 3.22. The second-order valence-electron chi connectivity index (χ2n) is 2.56. The summed E-state index contributed by atoms with van der Waals surface area (Å²) in [5.74, 6) is 0. The molecule has 0 saturated carbocycles. The molecule has 1 aliphatic rings. The number of hydrogen-bond donors (Lipinski definition) is 2. The average molecular weight is 114 g/mol. The zero-order valence-electron chi connectivity index (χ0n) is 5.35. The highest BCUT2D eigenvalue weighted by Crippen LogP contribution is 2.06. The Morgan fingerprint density at radius 3 is 2.75 bits per heavy atom. The van der Waals surface area contributed by atoms with Crippen molar-refractivity contribution in [3.05, 3.63) is 0 Å². The van der Waals surface area contributed by atoms with Gasteiger partial charge < -0.3 is 11.1 Å². The van der Waals surface area contributed by atoms with E-state index in [1.54, 1.807) is 0 Å². The van der Waals surface area contributed by atoms with E-state index >= 15 is 0 Å². The minimum atomic E-state index is 0.331. The van der Waals surface area contributed by atoms with E-state index in [1.807, 2.05) is 0 Å². The predicted molar refractivity (Wildman–Crippen MR) is 34.7 cm³/mol. The van der Waals surface area contributed by atoms with E-state index in [-0.39, 0.29) is 0 Å². The first kappa shape index (κ1) is 6.05. The number of nitrogens with two attached hydrogens (primary N) is 1. The SMILES string of the molecule is C[C@H](N)[C@H]1CCCN1. The van der Waals surface area contributed by atoms with Crippen LogP contribution >= 0.6 is 0 Å². The normalized spacial score (nSPS) is 33.0. The van der Waals surface area contributed by atoms with E-state index in [2.05, 4.69) is 12.2 Å². The van der Waals surface area contributed by atoms with Crippen LogP contribution in [0.4, 0.5) is 0 Å². The Kier molecular flexibility index (Phi) is 1.86. The Labute approximate surface area is 50.4 Å². The molecule has 0 amide bonds. The van der Waals surface area contributed by atoms with Crippen LogP contribution in [-0.2, 0) is 0 Å². The molecule has 1 heterocycles. The fourth-order valence-electron chi connectivity index (χ4n) is 1.16. The van der Waals surface area contributed by atoms with Gasteiger partial charge in [-0.3, -0.25) is 0 Å². The van der Waals surface area contributed by atoms with E-state index in [0.717, 1.165) is 6.54 Å². The molecule has 2 heteroatoms. The largest absolute Gasteiger partial charge is 0.327 e. The first-order valence-electron chi connectivity index (χ1n) is 3.29. The molecule has 48 valence electrons. The van der Waals surface area contributed by atoms with E-state index in [0.29, 0.717) is 12.1 Å². The van der Waals surface area contributed by atoms with Crippen LogP contribution in [0.15, 0.2) is 0 Å². The highest BCUT2D eigenvalue weighted by molar-refractivity contribution is 4.80. The maximum absolute atomic E-state index is 5.64. The van der Waals surface area contributed by atoms with Crippen molar-refractivity contribution < 1.29 is 0 Å². The Hall–Kier alpha value is -0.0800. The van der Waals surface area contributed by atoms with Crippen LogP contribution < -0.4 is 11.1 Å². The van der Waals surface area contributed by atoms with E-state index in [9.17, 15) is 0 Å². The van der Waals surface area contributed by atoms with Gasteiger partial charge >= 0.3 is 0 Å². The zero-order valence-corrected chi connectivity index (χ0v) is 5.35. The van der Waals surface area contributed by atoms with Crippen molar-refractivity contribution in [2.45, 2.75) is 31.8 Å². The Morgan fingerprint density at radius 1 is 1.75 bits per heavy atom. The topological polar surface area (TPSA) is 38.0 Å². The molecule has 0 bridgehead atoms. The minimum Gasteiger partial charge on any atom is -0.327 e. The van der Waals surface area contributed by atoms with E-state index in [1.165, 1.54) is 12.8 Å². The Balaban J connectivity index is 2.24. The molecule has 8 heavy (non-hydrogen) atoms. The lowest BCUT2D eigenvalue weighted by Crippen LogP contribution is -2.38. The molecule has 2 nitrogen and oxygen atoms in total. The van der Waals surface area contributed by atoms with Crippen LogP contribution in [0.25, 0.3) is 0 Å². The number of nitrogens with one attached hydrogen (secondary N) is 1. The van der Waals surface area contributed by atoms with Crippen molar-refractivity contribution >= 4 is 0 Å². The van der Waals surface area contributed by atoms with Crippen molar-refractivity contribution in [3.63, 3.8) is 0 Å². The van der Waals surface area contributed by atoms with Gasteiger partial charge in [0.2, 0.25) is 0 Å². The third-order valence-corrected chi connectivity index (χ3v) is 1.73. The molecular weight excluding hydrogens is 100 g/mol. The van der Waals surface area contributed by atoms with Crippen LogP contribution in [0.5, 0.6) is 0 Å². The lowest BCUT2D eigenvalue weighted by molar-refractivity contribution is 0.513. The van der Waals surface area contributed by atoms with Gasteiger partial charge in [0.25, 0.3) is 0 Å². The van der Waals surface area contributed by atoms with Gasteiger partial charge in [0.15, 0.2) is 0 Å². The molecule has 0 radical (unpaired) electrons. The van der Waals surface area contributed by atoms with Gasteiger partial charge in [-0.25, -0.2) is 0 Å². The van der Waals surface area contributed by atoms with Crippen LogP contribution in [0.1, 0.15) is 19.8 Å².